The molecule has 0 aliphatic carbocycles. The number of amides is 1. The molecule has 128 valence electrons. The molecule has 0 radical (unpaired) electrons. The van der Waals surface area contributed by atoms with Gasteiger partial charge in [-0.05, 0) is 6.42 Å². The van der Waals surface area contributed by atoms with Gasteiger partial charge in [-0.3, -0.25) is 0 Å². The second kappa shape index (κ2) is 17.7. The molecule has 0 aromatic rings. The van der Waals surface area contributed by atoms with Gasteiger partial charge >= 0.3 is 6.09 Å². The Labute approximate surface area is 132 Å². The maximum absolute atomic E-state index is 11.0. The van der Waals surface area contributed by atoms with E-state index in [0.29, 0.717) is 52.8 Å². The zero-order valence-electron chi connectivity index (χ0n) is 13.3. The molecule has 0 rings (SSSR count). The number of ether oxygens (including phenoxy) is 5. The predicted molar refractivity (Wildman–Crippen MR) is 81.8 cm³/mol. The molecule has 1 amide bonds. The van der Waals surface area contributed by atoms with E-state index in [1.165, 1.54) is 0 Å². The van der Waals surface area contributed by atoms with Crippen LogP contribution in [0, 0.1) is 12.3 Å². The van der Waals surface area contributed by atoms with E-state index in [1.807, 2.05) is 0 Å². The van der Waals surface area contributed by atoms with Gasteiger partial charge in [0, 0.05) is 13.2 Å². The number of rotatable bonds is 15. The van der Waals surface area contributed by atoms with Crippen molar-refractivity contribution in [1.82, 2.24) is 5.32 Å². The molecular weight excluding hydrogens is 290 g/mol. The highest BCUT2D eigenvalue weighted by molar-refractivity contribution is 5.67. The Kier molecular flexibility index (Phi) is 16.6. The molecule has 0 heterocycles. The normalized spacial score (nSPS) is 10.2. The Morgan fingerprint density at radius 3 is 1.91 bits per heavy atom. The predicted octanol–water partition coefficient (Wildman–Crippen LogP) is 0.822. The molecule has 0 atom stereocenters. The first-order chi connectivity index (χ1) is 10.8. The van der Waals surface area contributed by atoms with Crippen molar-refractivity contribution in [2.24, 2.45) is 0 Å². The second-order valence-electron chi connectivity index (χ2n) is 4.16. The van der Waals surface area contributed by atoms with Gasteiger partial charge in [0.1, 0.15) is 0 Å². The summed E-state index contributed by atoms with van der Waals surface area (Å²) in [6.07, 6.45) is 5.42. The van der Waals surface area contributed by atoms with Crippen molar-refractivity contribution in [3.05, 3.63) is 0 Å². The molecule has 0 saturated carbocycles. The van der Waals surface area contributed by atoms with Gasteiger partial charge in [-0.25, -0.2) is 4.79 Å². The average Bonchev–Trinajstić information content (AvgIpc) is 2.53. The Balaban J connectivity index is 3.05. The van der Waals surface area contributed by atoms with E-state index >= 15 is 0 Å². The Morgan fingerprint density at radius 2 is 1.41 bits per heavy atom. The summed E-state index contributed by atoms with van der Waals surface area (Å²) in [5.41, 5.74) is 0. The molecule has 0 bridgehead atoms. The fourth-order valence-corrected chi connectivity index (χ4v) is 1.29. The molecule has 0 aliphatic heterocycles. The highest BCUT2D eigenvalue weighted by Crippen LogP contribution is 1.84. The van der Waals surface area contributed by atoms with Crippen molar-refractivity contribution in [3.8, 4) is 12.3 Å². The number of nitrogens with one attached hydrogen (secondary N) is 1. The molecule has 0 fully saturated rings. The van der Waals surface area contributed by atoms with Crippen molar-refractivity contribution >= 4 is 6.09 Å². The monoisotopic (exact) mass is 317 g/mol. The van der Waals surface area contributed by atoms with Crippen LogP contribution in [0.3, 0.4) is 0 Å². The molecular formula is C15H27NO6. The van der Waals surface area contributed by atoms with E-state index in [1.54, 1.807) is 0 Å². The Hall–Kier alpha value is -1.33. The summed E-state index contributed by atoms with van der Waals surface area (Å²) >= 11 is 0. The van der Waals surface area contributed by atoms with Crippen LogP contribution >= 0.6 is 0 Å². The van der Waals surface area contributed by atoms with Gasteiger partial charge in [0.05, 0.1) is 46.2 Å². The maximum atomic E-state index is 11.0. The number of hydrogen-bond acceptors (Lipinski definition) is 6. The molecule has 0 aliphatic rings. The van der Waals surface area contributed by atoms with E-state index in [4.69, 9.17) is 25.4 Å². The zero-order chi connectivity index (χ0) is 16.3. The molecule has 7 heteroatoms. The topological polar surface area (TPSA) is 75.3 Å². The summed E-state index contributed by atoms with van der Waals surface area (Å²) in [6.45, 7) is 6.77. The molecule has 7 nitrogen and oxygen atoms in total. The lowest BCUT2D eigenvalue weighted by atomic mass is 10.5. The standard InChI is InChI=1S/C15H27NO6/c1-3-6-18-9-11-20-13-14-21-12-10-19-8-5-16-15(17)22-7-4-2/h2H,3,5-14H2,1H3,(H,16,17). The summed E-state index contributed by atoms with van der Waals surface area (Å²) < 4.78 is 25.8. The first kappa shape index (κ1) is 20.7. The van der Waals surface area contributed by atoms with E-state index in [-0.39, 0.29) is 6.61 Å². The average molecular weight is 317 g/mol. The lowest BCUT2D eigenvalue weighted by Crippen LogP contribution is -2.28. The first-order valence-corrected chi connectivity index (χ1v) is 7.46. The van der Waals surface area contributed by atoms with Crippen LogP contribution in [0.1, 0.15) is 13.3 Å². The van der Waals surface area contributed by atoms with E-state index in [0.717, 1.165) is 13.0 Å². The van der Waals surface area contributed by atoms with Crippen LogP contribution in [-0.4, -0.2) is 72.1 Å². The molecule has 0 spiro atoms. The van der Waals surface area contributed by atoms with Crippen LogP contribution < -0.4 is 5.32 Å². The van der Waals surface area contributed by atoms with Gasteiger partial charge in [0.2, 0.25) is 0 Å². The van der Waals surface area contributed by atoms with Crippen LogP contribution in [0.15, 0.2) is 0 Å². The smallest absolute Gasteiger partial charge is 0.408 e. The number of hydrogen-bond donors (Lipinski definition) is 1. The molecule has 0 saturated heterocycles. The van der Waals surface area contributed by atoms with Gasteiger partial charge in [0.25, 0.3) is 0 Å². The number of carbonyl (C=O) groups excluding carboxylic acids is 1. The van der Waals surface area contributed by atoms with Crippen LogP contribution in [0.25, 0.3) is 0 Å². The fraction of sp³-hybridized carbons (Fsp3) is 0.800. The van der Waals surface area contributed by atoms with Crippen LogP contribution in [0.4, 0.5) is 4.79 Å². The van der Waals surface area contributed by atoms with Gasteiger partial charge in [-0.2, -0.15) is 0 Å². The zero-order valence-corrected chi connectivity index (χ0v) is 13.3. The third-order valence-corrected chi connectivity index (χ3v) is 2.27. The van der Waals surface area contributed by atoms with Gasteiger partial charge in [-0.1, -0.05) is 12.8 Å². The fourth-order valence-electron chi connectivity index (χ4n) is 1.29. The highest BCUT2D eigenvalue weighted by Gasteiger charge is 1.98. The van der Waals surface area contributed by atoms with E-state index in [2.05, 4.69) is 22.9 Å². The van der Waals surface area contributed by atoms with Crippen molar-refractivity contribution in [3.63, 3.8) is 0 Å². The van der Waals surface area contributed by atoms with Crippen molar-refractivity contribution < 1.29 is 28.5 Å². The van der Waals surface area contributed by atoms with E-state index < -0.39 is 6.09 Å². The van der Waals surface area contributed by atoms with Crippen LogP contribution in [-0.2, 0) is 23.7 Å². The Bertz CT molecular complexity index is 292. The third-order valence-electron chi connectivity index (χ3n) is 2.27. The summed E-state index contributed by atoms with van der Waals surface area (Å²) in [5, 5.41) is 2.50. The maximum Gasteiger partial charge on any atom is 0.408 e. The van der Waals surface area contributed by atoms with Gasteiger partial charge in [-0.15, -0.1) is 6.42 Å². The number of carbonyl (C=O) groups is 1. The first-order valence-electron chi connectivity index (χ1n) is 7.46. The van der Waals surface area contributed by atoms with Crippen molar-refractivity contribution in [1.29, 1.82) is 0 Å². The summed E-state index contributed by atoms with van der Waals surface area (Å²) in [5.74, 6) is 2.20. The Morgan fingerprint density at radius 1 is 0.909 bits per heavy atom. The summed E-state index contributed by atoms with van der Waals surface area (Å²) in [6, 6.07) is 0. The number of alkyl carbamates (subject to hydrolysis) is 1. The molecule has 0 aromatic carbocycles. The van der Waals surface area contributed by atoms with E-state index in [9.17, 15) is 4.79 Å². The minimum absolute atomic E-state index is 0.0344. The molecule has 0 aromatic heterocycles. The third kappa shape index (κ3) is 16.7. The minimum Gasteiger partial charge on any atom is -0.436 e. The lowest BCUT2D eigenvalue weighted by molar-refractivity contribution is -0.00135. The SMILES string of the molecule is C#CCOC(=O)NCCOCCOCCOCCOCCC. The van der Waals surface area contributed by atoms with Crippen LogP contribution in [0.2, 0.25) is 0 Å². The molecule has 1 N–H and O–H groups in total. The quantitative estimate of drug-likeness (QED) is 0.356. The molecule has 0 unspecified atom stereocenters. The van der Waals surface area contributed by atoms with Gasteiger partial charge in [0.15, 0.2) is 6.61 Å². The van der Waals surface area contributed by atoms with Crippen molar-refractivity contribution in [2.75, 3.05) is 66.0 Å². The highest BCUT2D eigenvalue weighted by atomic mass is 16.6. The summed E-state index contributed by atoms with van der Waals surface area (Å²) in [7, 11) is 0. The number of terminal acetylenes is 1. The summed E-state index contributed by atoms with van der Waals surface area (Å²) in [4.78, 5) is 11.0. The molecule has 22 heavy (non-hydrogen) atoms. The minimum atomic E-state index is -0.544. The van der Waals surface area contributed by atoms with Crippen molar-refractivity contribution in [2.45, 2.75) is 13.3 Å². The lowest BCUT2D eigenvalue weighted by Gasteiger charge is -2.08. The van der Waals surface area contributed by atoms with Gasteiger partial charge < -0.3 is 29.0 Å². The largest absolute Gasteiger partial charge is 0.436 e. The van der Waals surface area contributed by atoms with Crippen LogP contribution in [0.5, 0.6) is 0 Å². The second-order valence-corrected chi connectivity index (χ2v) is 4.16.